The van der Waals surface area contributed by atoms with Crippen LogP contribution in [0.25, 0.3) is 10.9 Å². The molecule has 0 saturated carbocycles. The molecule has 1 amide bonds. The van der Waals surface area contributed by atoms with Gasteiger partial charge in [0, 0.05) is 18.9 Å². The molecule has 0 spiro atoms. The number of para-hydroxylation sites is 1. The zero-order valence-electron chi connectivity index (χ0n) is 13.2. The second kappa shape index (κ2) is 7.58. The molecular formula is C16H18N3O5-. The third-order valence-electron chi connectivity index (χ3n) is 3.64. The highest BCUT2D eigenvalue weighted by atomic mass is 16.4. The molecule has 0 bridgehead atoms. The van der Waals surface area contributed by atoms with Gasteiger partial charge >= 0.3 is 5.69 Å². The lowest BCUT2D eigenvalue weighted by Crippen LogP contribution is -2.45. The van der Waals surface area contributed by atoms with Crippen LogP contribution in [-0.2, 0) is 9.59 Å². The van der Waals surface area contributed by atoms with Gasteiger partial charge in [0.15, 0.2) is 0 Å². The Hall–Kier alpha value is -2.90. The van der Waals surface area contributed by atoms with Crippen molar-refractivity contribution in [1.29, 1.82) is 0 Å². The number of nitrogens with zero attached hydrogens (tertiary/aromatic N) is 1. The molecule has 0 aliphatic rings. The Morgan fingerprint density at radius 1 is 1.29 bits per heavy atom. The summed E-state index contributed by atoms with van der Waals surface area (Å²) in [4.78, 5) is 50.2. The van der Waals surface area contributed by atoms with Crippen molar-refractivity contribution in [2.45, 2.75) is 32.2 Å². The van der Waals surface area contributed by atoms with Gasteiger partial charge in [0.1, 0.15) is 6.04 Å². The van der Waals surface area contributed by atoms with E-state index >= 15 is 0 Å². The summed E-state index contributed by atoms with van der Waals surface area (Å²) in [7, 11) is 0. The Morgan fingerprint density at radius 3 is 2.67 bits per heavy atom. The second-order valence-corrected chi connectivity index (χ2v) is 5.37. The fourth-order valence-corrected chi connectivity index (χ4v) is 2.52. The van der Waals surface area contributed by atoms with Gasteiger partial charge < -0.3 is 20.2 Å². The molecule has 1 atom stereocenters. The van der Waals surface area contributed by atoms with E-state index in [0.29, 0.717) is 17.3 Å². The molecule has 1 aromatic carbocycles. The van der Waals surface area contributed by atoms with Gasteiger partial charge in [-0.2, -0.15) is 0 Å². The van der Waals surface area contributed by atoms with E-state index in [1.807, 2.05) is 6.92 Å². The number of hydrogen-bond donors (Lipinski definition) is 2. The molecule has 2 rings (SSSR count). The second-order valence-electron chi connectivity index (χ2n) is 5.37. The highest BCUT2D eigenvalue weighted by Crippen LogP contribution is 2.12. The Bertz CT molecular complexity index is 868. The predicted octanol–water partition coefficient (Wildman–Crippen LogP) is -0.713. The Kier molecular flexibility index (Phi) is 5.51. The van der Waals surface area contributed by atoms with Gasteiger partial charge in [-0.05, 0) is 18.6 Å². The monoisotopic (exact) mass is 332 g/mol. The lowest BCUT2D eigenvalue weighted by molar-refractivity contribution is -0.305. The van der Waals surface area contributed by atoms with Gasteiger partial charge in [-0.15, -0.1) is 0 Å². The summed E-state index contributed by atoms with van der Waals surface area (Å²) in [6, 6.07) is 5.54. The lowest BCUT2D eigenvalue weighted by Gasteiger charge is -2.18. The van der Waals surface area contributed by atoms with Gasteiger partial charge in [-0.3, -0.25) is 9.59 Å². The van der Waals surface area contributed by atoms with Crippen LogP contribution in [0.1, 0.15) is 32.2 Å². The number of carbonyl (C=O) groups excluding carboxylic acids is 2. The predicted molar refractivity (Wildman–Crippen MR) is 85.4 cm³/mol. The number of nitrogens with one attached hydrogen (secondary N) is 2. The number of hydrogen-bond acceptors (Lipinski definition) is 5. The number of fused-ring (bicyclic) bond motifs is 1. The van der Waals surface area contributed by atoms with Crippen LogP contribution < -0.4 is 21.7 Å². The minimum atomic E-state index is -1.29. The van der Waals surface area contributed by atoms with Gasteiger partial charge in [0.2, 0.25) is 5.91 Å². The van der Waals surface area contributed by atoms with E-state index in [9.17, 15) is 24.3 Å². The Labute approximate surface area is 137 Å². The van der Waals surface area contributed by atoms with Crippen LogP contribution >= 0.6 is 0 Å². The number of carboxylic acid groups (broad SMARTS) is 1. The lowest BCUT2D eigenvalue weighted by atomic mass is 10.1. The molecule has 2 N–H and O–H groups in total. The molecule has 1 aromatic heterocycles. The van der Waals surface area contributed by atoms with Gasteiger partial charge in [0.05, 0.1) is 10.9 Å². The fraction of sp³-hybridized carbons (Fsp3) is 0.375. The zero-order chi connectivity index (χ0) is 17.7. The number of amides is 1. The van der Waals surface area contributed by atoms with Crippen molar-refractivity contribution in [2.24, 2.45) is 0 Å². The van der Waals surface area contributed by atoms with Crippen LogP contribution in [0.15, 0.2) is 33.9 Å². The van der Waals surface area contributed by atoms with E-state index in [1.54, 1.807) is 24.3 Å². The van der Waals surface area contributed by atoms with Gasteiger partial charge in [0.25, 0.3) is 5.56 Å². The highest BCUT2D eigenvalue weighted by molar-refractivity contribution is 5.82. The van der Waals surface area contributed by atoms with E-state index < -0.39 is 29.2 Å². The minimum Gasteiger partial charge on any atom is -0.550 e. The van der Waals surface area contributed by atoms with Crippen molar-refractivity contribution in [2.75, 3.05) is 6.54 Å². The largest absolute Gasteiger partial charge is 0.550 e. The molecule has 0 aliphatic heterocycles. The summed E-state index contributed by atoms with van der Waals surface area (Å²) in [5, 5.41) is 13.2. The van der Waals surface area contributed by atoms with E-state index in [0.717, 1.165) is 4.57 Å². The average molecular weight is 332 g/mol. The number of carbonyl (C=O) groups is 2. The summed E-state index contributed by atoms with van der Waals surface area (Å²) in [5.74, 6) is -1.86. The van der Waals surface area contributed by atoms with E-state index in [-0.39, 0.29) is 19.4 Å². The summed E-state index contributed by atoms with van der Waals surface area (Å²) < 4.78 is 0.889. The Morgan fingerprint density at radius 2 is 2.00 bits per heavy atom. The number of H-pyrrole nitrogens is 1. The molecule has 24 heavy (non-hydrogen) atoms. The molecule has 8 heteroatoms. The van der Waals surface area contributed by atoms with E-state index in [2.05, 4.69) is 10.3 Å². The standard InChI is InChI=1S/C16H19N3O5/c1-2-5-12(14(22)17-9-8-13(20)21)19-15(23)10-6-3-4-7-11(10)18-16(19)24/h3-4,6-7,12H,2,5,8-9H2,1H3,(H,17,22)(H,18,24)(H,20,21)/p-1/t12-/m0/s1. The topological polar surface area (TPSA) is 124 Å². The maximum atomic E-state index is 12.6. The normalized spacial score (nSPS) is 12.0. The molecule has 0 saturated heterocycles. The van der Waals surface area contributed by atoms with Crippen molar-refractivity contribution < 1.29 is 14.7 Å². The molecular weight excluding hydrogens is 314 g/mol. The smallest absolute Gasteiger partial charge is 0.329 e. The van der Waals surface area contributed by atoms with Crippen LogP contribution in [-0.4, -0.2) is 28.0 Å². The number of aromatic nitrogens is 2. The molecule has 8 nitrogen and oxygen atoms in total. The van der Waals surface area contributed by atoms with E-state index in [4.69, 9.17) is 0 Å². The molecule has 128 valence electrons. The minimum absolute atomic E-state index is 0.123. The first-order chi connectivity index (χ1) is 11.5. The molecule has 2 aromatic rings. The van der Waals surface area contributed by atoms with Crippen molar-refractivity contribution in [3.63, 3.8) is 0 Å². The van der Waals surface area contributed by atoms with Crippen molar-refractivity contribution in [3.05, 3.63) is 45.1 Å². The maximum absolute atomic E-state index is 12.6. The van der Waals surface area contributed by atoms with Crippen LogP contribution in [0.2, 0.25) is 0 Å². The van der Waals surface area contributed by atoms with Gasteiger partial charge in [-0.1, -0.05) is 25.5 Å². The number of aliphatic carboxylic acids is 1. The van der Waals surface area contributed by atoms with Crippen LogP contribution in [0.5, 0.6) is 0 Å². The van der Waals surface area contributed by atoms with Crippen LogP contribution in [0, 0.1) is 0 Å². The quantitative estimate of drug-likeness (QED) is 0.693. The van der Waals surface area contributed by atoms with Crippen molar-refractivity contribution in [3.8, 4) is 0 Å². The molecule has 0 radical (unpaired) electrons. The number of rotatable bonds is 7. The molecule has 1 heterocycles. The molecule has 0 fully saturated rings. The number of aromatic amines is 1. The summed E-state index contributed by atoms with van der Waals surface area (Å²) in [5.41, 5.74) is -0.827. The van der Waals surface area contributed by atoms with Crippen molar-refractivity contribution in [1.82, 2.24) is 14.9 Å². The first-order valence-electron chi connectivity index (χ1n) is 7.66. The average Bonchev–Trinajstić information content (AvgIpc) is 2.53. The fourth-order valence-electron chi connectivity index (χ4n) is 2.52. The molecule has 0 unspecified atom stereocenters. The summed E-state index contributed by atoms with van der Waals surface area (Å²) >= 11 is 0. The third kappa shape index (κ3) is 3.70. The number of benzene rings is 1. The first-order valence-corrected chi connectivity index (χ1v) is 7.66. The third-order valence-corrected chi connectivity index (χ3v) is 3.64. The Balaban J connectivity index is 2.42. The van der Waals surface area contributed by atoms with Crippen LogP contribution in [0.4, 0.5) is 0 Å². The van der Waals surface area contributed by atoms with E-state index in [1.165, 1.54) is 0 Å². The summed E-state index contributed by atoms with van der Waals surface area (Å²) in [6.45, 7) is 1.70. The highest BCUT2D eigenvalue weighted by Gasteiger charge is 2.23. The zero-order valence-corrected chi connectivity index (χ0v) is 13.2. The summed E-state index contributed by atoms with van der Waals surface area (Å²) in [6.07, 6.45) is 0.503. The maximum Gasteiger partial charge on any atom is 0.329 e. The SMILES string of the molecule is CCC[C@@H](C(=O)NCCC(=O)[O-])n1c(=O)[nH]c2ccccc2c1=O. The first kappa shape index (κ1) is 17.5. The van der Waals surface area contributed by atoms with Crippen molar-refractivity contribution >= 4 is 22.8 Å². The van der Waals surface area contributed by atoms with Gasteiger partial charge in [-0.25, -0.2) is 9.36 Å². The van der Waals surface area contributed by atoms with Crippen LogP contribution in [0.3, 0.4) is 0 Å². The number of carboxylic acids is 1. The molecule has 0 aliphatic carbocycles.